The highest BCUT2D eigenvalue weighted by atomic mass is 16.5. The zero-order valence-electron chi connectivity index (χ0n) is 13.5. The molecule has 1 aromatic carbocycles. The van der Waals surface area contributed by atoms with E-state index in [4.69, 9.17) is 9.47 Å². The minimum absolute atomic E-state index is 0.106. The van der Waals surface area contributed by atoms with Gasteiger partial charge in [0.2, 0.25) is 0 Å². The summed E-state index contributed by atoms with van der Waals surface area (Å²) in [5, 5.41) is 3.63. The maximum Gasteiger partial charge on any atom is 0.0641 e. The summed E-state index contributed by atoms with van der Waals surface area (Å²) >= 11 is 0. The van der Waals surface area contributed by atoms with Crippen LogP contribution in [0.15, 0.2) is 24.3 Å². The largest absolute Gasteiger partial charge is 0.385 e. The van der Waals surface area contributed by atoms with Crippen molar-refractivity contribution in [3.8, 4) is 0 Å². The molecule has 118 valence electrons. The summed E-state index contributed by atoms with van der Waals surface area (Å²) in [5.74, 6) is 0. The van der Waals surface area contributed by atoms with Crippen molar-refractivity contribution in [1.82, 2.24) is 5.32 Å². The van der Waals surface area contributed by atoms with Crippen LogP contribution in [0.3, 0.4) is 0 Å². The lowest BCUT2D eigenvalue weighted by Gasteiger charge is -2.32. The second-order valence-electron chi connectivity index (χ2n) is 6.25. The van der Waals surface area contributed by atoms with Crippen molar-refractivity contribution >= 4 is 5.69 Å². The molecule has 2 rings (SSSR count). The maximum absolute atomic E-state index is 5.72. The Morgan fingerprint density at radius 1 is 1.19 bits per heavy atom. The van der Waals surface area contributed by atoms with E-state index in [0.717, 1.165) is 45.9 Å². The lowest BCUT2D eigenvalue weighted by molar-refractivity contribution is 0.106. The number of benzene rings is 1. The van der Waals surface area contributed by atoms with Crippen LogP contribution >= 0.6 is 0 Å². The van der Waals surface area contributed by atoms with Crippen molar-refractivity contribution in [2.24, 2.45) is 0 Å². The van der Waals surface area contributed by atoms with Gasteiger partial charge in [0.25, 0.3) is 0 Å². The monoisotopic (exact) mass is 292 g/mol. The highest BCUT2D eigenvalue weighted by Gasteiger charge is 2.26. The Bertz CT molecular complexity index is 435. The number of hydrogen-bond donors (Lipinski definition) is 1. The lowest BCUT2D eigenvalue weighted by atomic mass is 10.1. The van der Waals surface area contributed by atoms with E-state index >= 15 is 0 Å². The molecule has 0 radical (unpaired) electrons. The predicted octanol–water partition coefficient (Wildman–Crippen LogP) is 2.43. The topological polar surface area (TPSA) is 33.7 Å². The molecule has 1 aliphatic rings. The standard InChI is InChI=1S/C17H28N2O2/c1-17(2)14-19(9-12-21-11-6-10-20-3)16-8-5-4-7-15(16)13-18-17/h4-5,7-8,18H,6,9-14H2,1-3H3. The second-order valence-corrected chi connectivity index (χ2v) is 6.25. The van der Waals surface area contributed by atoms with Crippen LogP contribution in [0, 0.1) is 0 Å². The second kappa shape index (κ2) is 7.78. The molecule has 4 nitrogen and oxygen atoms in total. The zero-order valence-corrected chi connectivity index (χ0v) is 13.5. The first-order valence-electron chi connectivity index (χ1n) is 7.77. The van der Waals surface area contributed by atoms with Crippen molar-refractivity contribution in [1.29, 1.82) is 0 Å². The lowest BCUT2D eigenvalue weighted by Crippen LogP contribution is -2.47. The maximum atomic E-state index is 5.72. The average molecular weight is 292 g/mol. The predicted molar refractivity (Wildman–Crippen MR) is 86.9 cm³/mol. The summed E-state index contributed by atoms with van der Waals surface area (Å²) in [5.41, 5.74) is 2.80. The van der Waals surface area contributed by atoms with Gasteiger partial charge in [-0.2, -0.15) is 0 Å². The van der Waals surface area contributed by atoms with Crippen molar-refractivity contribution in [2.75, 3.05) is 44.9 Å². The molecule has 1 heterocycles. The Morgan fingerprint density at radius 2 is 2.00 bits per heavy atom. The number of nitrogens with one attached hydrogen (secondary N) is 1. The third kappa shape index (κ3) is 4.99. The Morgan fingerprint density at radius 3 is 2.81 bits per heavy atom. The molecule has 4 heteroatoms. The van der Waals surface area contributed by atoms with Gasteiger partial charge in [0.1, 0.15) is 0 Å². The Balaban J connectivity index is 1.92. The van der Waals surface area contributed by atoms with Gasteiger partial charge in [-0.25, -0.2) is 0 Å². The summed E-state index contributed by atoms with van der Waals surface area (Å²) in [4.78, 5) is 2.44. The first-order valence-corrected chi connectivity index (χ1v) is 7.77. The van der Waals surface area contributed by atoms with Crippen LogP contribution in [0.1, 0.15) is 25.8 Å². The Kier molecular flexibility index (Phi) is 6.03. The first-order chi connectivity index (χ1) is 10.1. The number of rotatable bonds is 7. The Hall–Kier alpha value is -1.10. The number of para-hydroxylation sites is 1. The molecule has 21 heavy (non-hydrogen) atoms. The van der Waals surface area contributed by atoms with Crippen molar-refractivity contribution < 1.29 is 9.47 Å². The molecule has 0 fully saturated rings. The molecule has 0 saturated carbocycles. The van der Waals surface area contributed by atoms with Gasteiger partial charge in [-0.1, -0.05) is 18.2 Å². The molecule has 1 N–H and O–H groups in total. The normalized spacial score (nSPS) is 17.4. The van der Waals surface area contributed by atoms with E-state index in [1.165, 1.54) is 11.3 Å². The molecule has 0 aromatic heterocycles. The van der Waals surface area contributed by atoms with Gasteiger partial charge in [0.05, 0.1) is 6.61 Å². The van der Waals surface area contributed by atoms with Crippen LogP contribution in [-0.2, 0) is 16.0 Å². The minimum Gasteiger partial charge on any atom is -0.385 e. The summed E-state index contributed by atoms with van der Waals surface area (Å²) < 4.78 is 10.8. The third-order valence-corrected chi connectivity index (χ3v) is 3.82. The molecule has 0 aliphatic carbocycles. The van der Waals surface area contributed by atoms with Gasteiger partial charge in [-0.05, 0) is 31.9 Å². The molecule has 1 aromatic rings. The van der Waals surface area contributed by atoms with Gasteiger partial charge in [-0.3, -0.25) is 0 Å². The molecular weight excluding hydrogens is 264 g/mol. The van der Waals surface area contributed by atoms with Crippen molar-refractivity contribution in [3.63, 3.8) is 0 Å². The van der Waals surface area contributed by atoms with Crippen LogP contribution in [0.25, 0.3) is 0 Å². The number of hydrogen-bond acceptors (Lipinski definition) is 4. The number of ether oxygens (including phenoxy) is 2. The van der Waals surface area contributed by atoms with Crippen LogP contribution in [0.4, 0.5) is 5.69 Å². The molecule has 0 unspecified atom stereocenters. The van der Waals surface area contributed by atoms with E-state index in [-0.39, 0.29) is 5.54 Å². The van der Waals surface area contributed by atoms with Crippen LogP contribution in [0.5, 0.6) is 0 Å². The van der Waals surface area contributed by atoms with E-state index in [9.17, 15) is 0 Å². The summed E-state index contributed by atoms with van der Waals surface area (Å²) in [7, 11) is 1.73. The minimum atomic E-state index is 0.106. The fourth-order valence-corrected chi connectivity index (χ4v) is 2.70. The Labute approximate surface area is 128 Å². The van der Waals surface area contributed by atoms with E-state index in [1.807, 2.05) is 0 Å². The van der Waals surface area contributed by atoms with Crippen LogP contribution in [0.2, 0.25) is 0 Å². The number of fused-ring (bicyclic) bond motifs is 1. The molecule has 1 aliphatic heterocycles. The molecule has 0 spiro atoms. The number of nitrogens with zero attached hydrogens (tertiary/aromatic N) is 1. The first kappa shape index (κ1) is 16.3. The highest BCUT2D eigenvalue weighted by molar-refractivity contribution is 5.55. The highest BCUT2D eigenvalue weighted by Crippen LogP contribution is 2.25. The third-order valence-electron chi connectivity index (χ3n) is 3.82. The SMILES string of the molecule is COCCCOCCN1CC(C)(C)NCc2ccccc21. The van der Waals surface area contributed by atoms with E-state index < -0.39 is 0 Å². The molecule has 0 atom stereocenters. The molecule has 0 bridgehead atoms. The van der Waals surface area contributed by atoms with Crippen LogP contribution in [-0.4, -0.2) is 45.6 Å². The summed E-state index contributed by atoms with van der Waals surface area (Å²) in [6, 6.07) is 8.64. The van der Waals surface area contributed by atoms with E-state index in [2.05, 4.69) is 48.3 Å². The van der Waals surface area contributed by atoms with Gasteiger partial charge < -0.3 is 19.7 Å². The van der Waals surface area contributed by atoms with Crippen molar-refractivity contribution in [2.45, 2.75) is 32.4 Å². The van der Waals surface area contributed by atoms with Crippen LogP contribution < -0.4 is 10.2 Å². The van der Waals surface area contributed by atoms with Crippen molar-refractivity contribution in [3.05, 3.63) is 29.8 Å². The number of anilines is 1. The van der Waals surface area contributed by atoms with E-state index in [1.54, 1.807) is 7.11 Å². The fraction of sp³-hybridized carbons (Fsp3) is 0.647. The van der Waals surface area contributed by atoms with Gasteiger partial charge in [0.15, 0.2) is 0 Å². The zero-order chi connectivity index (χ0) is 15.1. The smallest absolute Gasteiger partial charge is 0.0641 e. The fourth-order valence-electron chi connectivity index (χ4n) is 2.70. The van der Waals surface area contributed by atoms with E-state index in [0.29, 0.717) is 0 Å². The van der Waals surface area contributed by atoms with Gasteiger partial charge >= 0.3 is 0 Å². The quantitative estimate of drug-likeness (QED) is 0.783. The summed E-state index contributed by atoms with van der Waals surface area (Å²) in [6.45, 7) is 9.65. The molecule has 0 amide bonds. The molecule has 0 saturated heterocycles. The number of methoxy groups -OCH3 is 1. The molecular formula is C17H28N2O2. The van der Waals surface area contributed by atoms with Gasteiger partial charge in [-0.15, -0.1) is 0 Å². The average Bonchev–Trinajstić information content (AvgIpc) is 2.60. The summed E-state index contributed by atoms with van der Waals surface area (Å²) in [6.07, 6.45) is 0.958. The van der Waals surface area contributed by atoms with Gasteiger partial charge in [0, 0.05) is 51.2 Å².